The molecule has 2 aromatic rings. The Hall–Kier alpha value is -1.03. The standard InChI is InChI=1S/C17H19ClN2S/c18-13-6-8-14(9-7-13)21-11-16(19)15-5-1-3-12-4-2-10-20-17(12)15/h2,4,6-10,15-16H,1,3,5,11,19H2. The topological polar surface area (TPSA) is 38.9 Å². The normalized spacial score (nSPS) is 19.0. The number of nitrogens with zero attached hydrogens (tertiary/aromatic N) is 1. The van der Waals surface area contributed by atoms with Gasteiger partial charge in [0.15, 0.2) is 0 Å². The first-order valence-corrected chi connectivity index (χ1v) is 8.68. The summed E-state index contributed by atoms with van der Waals surface area (Å²) in [4.78, 5) is 5.80. The molecule has 2 N–H and O–H groups in total. The maximum atomic E-state index is 6.45. The highest BCUT2D eigenvalue weighted by Gasteiger charge is 2.26. The number of hydrogen-bond donors (Lipinski definition) is 1. The van der Waals surface area contributed by atoms with Gasteiger partial charge < -0.3 is 5.73 Å². The average molecular weight is 319 g/mol. The fourth-order valence-electron chi connectivity index (χ4n) is 2.90. The molecule has 2 unspecified atom stereocenters. The van der Waals surface area contributed by atoms with Gasteiger partial charge in [-0.2, -0.15) is 0 Å². The van der Waals surface area contributed by atoms with E-state index in [-0.39, 0.29) is 6.04 Å². The molecule has 0 amide bonds. The molecule has 0 aliphatic heterocycles. The second kappa shape index (κ2) is 6.82. The van der Waals surface area contributed by atoms with E-state index in [2.05, 4.69) is 11.1 Å². The molecule has 1 aliphatic carbocycles. The first-order chi connectivity index (χ1) is 10.2. The van der Waals surface area contributed by atoms with E-state index in [4.69, 9.17) is 17.3 Å². The van der Waals surface area contributed by atoms with Crippen LogP contribution in [0.1, 0.15) is 30.0 Å². The fourth-order valence-corrected chi connectivity index (χ4v) is 3.97. The summed E-state index contributed by atoms with van der Waals surface area (Å²) in [6.07, 6.45) is 5.38. The van der Waals surface area contributed by atoms with Crippen molar-refractivity contribution in [2.75, 3.05) is 5.75 Å². The second-order valence-corrected chi connectivity index (χ2v) is 7.01. The number of pyridine rings is 1. The first kappa shape index (κ1) is 14.9. The molecule has 21 heavy (non-hydrogen) atoms. The van der Waals surface area contributed by atoms with Gasteiger partial charge >= 0.3 is 0 Å². The lowest BCUT2D eigenvalue weighted by Gasteiger charge is -2.28. The van der Waals surface area contributed by atoms with Crippen LogP contribution in [-0.2, 0) is 6.42 Å². The van der Waals surface area contributed by atoms with Crippen LogP contribution in [0, 0.1) is 0 Å². The Morgan fingerprint density at radius 1 is 1.29 bits per heavy atom. The first-order valence-electron chi connectivity index (χ1n) is 7.32. The molecule has 2 atom stereocenters. The lowest BCUT2D eigenvalue weighted by atomic mass is 9.83. The van der Waals surface area contributed by atoms with E-state index in [1.807, 2.05) is 36.5 Å². The maximum Gasteiger partial charge on any atom is 0.0482 e. The van der Waals surface area contributed by atoms with Crippen LogP contribution in [0.5, 0.6) is 0 Å². The van der Waals surface area contributed by atoms with Crippen LogP contribution in [-0.4, -0.2) is 16.8 Å². The van der Waals surface area contributed by atoms with Gasteiger partial charge in [-0.05, 0) is 55.2 Å². The van der Waals surface area contributed by atoms with Crippen molar-refractivity contribution in [2.24, 2.45) is 5.73 Å². The molecule has 0 saturated heterocycles. The Labute approximate surface area is 135 Å². The molecule has 1 aromatic carbocycles. The number of halogens is 1. The number of aryl methyl sites for hydroxylation is 1. The monoisotopic (exact) mass is 318 g/mol. The molecule has 0 fully saturated rings. The Bertz CT molecular complexity index is 600. The van der Waals surface area contributed by atoms with Gasteiger partial charge in [0.05, 0.1) is 0 Å². The fraction of sp³-hybridized carbons (Fsp3) is 0.353. The van der Waals surface area contributed by atoms with Crippen molar-refractivity contribution in [2.45, 2.75) is 36.1 Å². The molecule has 3 rings (SSSR count). The Balaban J connectivity index is 1.66. The number of hydrogen-bond acceptors (Lipinski definition) is 3. The van der Waals surface area contributed by atoms with Gasteiger partial charge in [0, 0.05) is 39.5 Å². The number of thioether (sulfide) groups is 1. The molecule has 0 spiro atoms. The van der Waals surface area contributed by atoms with Gasteiger partial charge in [0.2, 0.25) is 0 Å². The smallest absolute Gasteiger partial charge is 0.0482 e. The molecule has 0 bridgehead atoms. The third-order valence-corrected chi connectivity index (χ3v) is 5.42. The minimum atomic E-state index is 0.139. The predicted octanol–water partition coefficient (Wildman–Crippen LogP) is 4.27. The number of benzene rings is 1. The van der Waals surface area contributed by atoms with Crippen molar-refractivity contribution in [1.29, 1.82) is 0 Å². The number of nitrogens with two attached hydrogens (primary N) is 1. The number of rotatable bonds is 4. The van der Waals surface area contributed by atoms with Crippen LogP contribution in [0.25, 0.3) is 0 Å². The Kier molecular flexibility index (Phi) is 4.84. The number of aromatic nitrogens is 1. The van der Waals surface area contributed by atoms with Gasteiger partial charge in [-0.25, -0.2) is 0 Å². The van der Waals surface area contributed by atoms with Crippen molar-refractivity contribution in [1.82, 2.24) is 4.98 Å². The van der Waals surface area contributed by atoms with Crippen molar-refractivity contribution >= 4 is 23.4 Å². The van der Waals surface area contributed by atoms with E-state index in [9.17, 15) is 0 Å². The van der Waals surface area contributed by atoms with Crippen molar-refractivity contribution in [3.8, 4) is 0 Å². The molecule has 1 aliphatic rings. The minimum absolute atomic E-state index is 0.139. The summed E-state index contributed by atoms with van der Waals surface area (Å²) >= 11 is 7.70. The van der Waals surface area contributed by atoms with Crippen molar-refractivity contribution in [3.63, 3.8) is 0 Å². The van der Waals surface area contributed by atoms with Crippen molar-refractivity contribution < 1.29 is 0 Å². The summed E-state index contributed by atoms with van der Waals surface area (Å²) < 4.78 is 0. The summed E-state index contributed by atoms with van der Waals surface area (Å²) in [7, 11) is 0. The third kappa shape index (κ3) is 3.60. The zero-order valence-corrected chi connectivity index (χ0v) is 13.4. The van der Waals surface area contributed by atoms with Crippen LogP contribution in [0.4, 0.5) is 0 Å². The van der Waals surface area contributed by atoms with E-state index in [0.29, 0.717) is 5.92 Å². The van der Waals surface area contributed by atoms with Crippen LogP contribution >= 0.6 is 23.4 Å². The highest BCUT2D eigenvalue weighted by atomic mass is 35.5. The third-order valence-electron chi connectivity index (χ3n) is 4.01. The van der Waals surface area contributed by atoms with Crippen LogP contribution in [0.3, 0.4) is 0 Å². The summed E-state index contributed by atoms with van der Waals surface area (Å²) in [6.45, 7) is 0. The lowest BCUT2D eigenvalue weighted by Crippen LogP contribution is -2.33. The second-order valence-electron chi connectivity index (χ2n) is 5.48. The van der Waals surface area contributed by atoms with Crippen LogP contribution < -0.4 is 5.73 Å². The lowest BCUT2D eigenvalue weighted by molar-refractivity contribution is 0.477. The van der Waals surface area contributed by atoms with Gasteiger partial charge in [-0.15, -0.1) is 11.8 Å². The van der Waals surface area contributed by atoms with E-state index >= 15 is 0 Å². The largest absolute Gasteiger partial charge is 0.326 e. The molecule has 110 valence electrons. The van der Waals surface area contributed by atoms with Crippen LogP contribution in [0.15, 0.2) is 47.5 Å². The van der Waals surface area contributed by atoms with Gasteiger partial charge in [0.1, 0.15) is 0 Å². The molecular formula is C17H19ClN2S. The van der Waals surface area contributed by atoms with E-state index < -0.39 is 0 Å². The van der Waals surface area contributed by atoms with E-state index in [1.54, 1.807) is 11.8 Å². The predicted molar refractivity (Wildman–Crippen MR) is 90.1 cm³/mol. The average Bonchev–Trinajstić information content (AvgIpc) is 2.53. The molecular weight excluding hydrogens is 300 g/mol. The minimum Gasteiger partial charge on any atom is -0.326 e. The SMILES string of the molecule is NC(CSc1ccc(Cl)cc1)C1CCCc2cccnc21. The van der Waals surface area contributed by atoms with E-state index in [1.165, 1.54) is 22.6 Å². The summed E-state index contributed by atoms with van der Waals surface area (Å²) in [5.41, 5.74) is 9.05. The molecule has 4 heteroatoms. The maximum absolute atomic E-state index is 6.45. The zero-order valence-electron chi connectivity index (χ0n) is 11.8. The highest BCUT2D eigenvalue weighted by Crippen LogP contribution is 2.33. The van der Waals surface area contributed by atoms with Crippen molar-refractivity contribution in [3.05, 3.63) is 58.9 Å². The zero-order chi connectivity index (χ0) is 14.7. The van der Waals surface area contributed by atoms with Gasteiger partial charge in [0.25, 0.3) is 0 Å². The summed E-state index contributed by atoms with van der Waals surface area (Å²) in [6, 6.07) is 12.3. The summed E-state index contributed by atoms with van der Waals surface area (Å²) in [5.74, 6) is 1.29. The molecule has 0 radical (unpaired) electrons. The Morgan fingerprint density at radius 2 is 2.10 bits per heavy atom. The van der Waals surface area contributed by atoms with E-state index in [0.717, 1.165) is 23.6 Å². The molecule has 2 nitrogen and oxygen atoms in total. The van der Waals surface area contributed by atoms with Crippen LogP contribution in [0.2, 0.25) is 5.02 Å². The molecule has 1 aromatic heterocycles. The summed E-state index contributed by atoms with van der Waals surface area (Å²) in [5, 5.41) is 0.772. The Morgan fingerprint density at radius 3 is 2.90 bits per heavy atom. The number of fused-ring (bicyclic) bond motifs is 1. The quantitative estimate of drug-likeness (QED) is 0.855. The van der Waals surface area contributed by atoms with Gasteiger partial charge in [-0.1, -0.05) is 17.7 Å². The molecule has 0 saturated carbocycles. The highest BCUT2D eigenvalue weighted by molar-refractivity contribution is 7.99. The molecule has 1 heterocycles. The van der Waals surface area contributed by atoms with Gasteiger partial charge in [-0.3, -0.25) is 4.98 Å².